The van der Waals surface area contributed by atoms with Crippen molar-refractivity contribution in [3.63, 3.8) is 0 Å². The molecule has 2 unspecified atom stereocenters. The van der Waals surface area contributed by atoms with E-state index in [0.29, 0.717) is 18.3 Å². The molecular formula is C30H28F4O. The predicted molar refractivity (Wildman–Crippen MR) is 132 cm³/mol. The molecule has 2 atom stereocenters. The summed E-state index contributed by atoms with van der Waals surface area (Å²) in [5.41, 5.74) is 1.77. The molecule has 0 N–H and O–H groups in total. The molecule has 182 valence electrons. The van der Waals surface area contributed by atoms with E-state index in [4.69, 9.17) is 4.74 Å². The third kappa shape index (κ3) is 5.34. The number of benzene rings is 3. The standard InChI is InChI=1S/C30H28F4O/c1-3-19-5-10-21(11-6-19)22-12-7-20(8-13-22)9-14-23-15-16-24(28(32)27(23)31)25-17-18-26(35-4-2)30(34)29(25)33/h3,5,7-8,10,12-13,15-19,21H,1,4,6,9,11,14H2,2H3. The van der Waals surface area contributed by atoms with E-state index in [1.54, 1.807) is 6.92 Å². The van der Waals surface area contributed by atoms with Crippen LogP contribution in [-0.4, -0.2) is 6.61 Å². The summed E-state index contributed by atoms with van der Waals surface area (Å²) in [6, 6.07) is 13.3. The van der Waals surface area contributed by atoms with Crippen LogP contribution >= 0.6 is 0 Å². The Bertz CT molecular complexity index is 1230. The molecule has 5 heteroatoms. The first-order valence-corrected chi connectivity index (χ1v) is 11.9. The molecule has 0 spiro atoms. The number of halogens is 4. The van der Waals surface area contributed by atoms with Crippen molar-refractivity contribution in [2.24, 2.45) is 5.92 Å². The average Bonchev–Trinajstić information content (AvgIpc) is 2.89. The zero-order chi connectivity index (χ0) is 24.9. The molecule has 1 aliphatic rings. The monoisotopic (exact) mass is 480 g/mol. The Labute approximate surface area is 203 Å². The third-order valence-electron chi connectivity index (χ3n) is 6.59. The van der Waals surface area contributed by atoms with Crippen LogP contribution in [0.5, 0.6) is 5.75 Å². The molecule has 0 aromatic heterocycles. The Morgan fingerprint density at radius 1 is 0.800 bits per heavy atom. The molecule has 0 saturated carbocycles. The van der Waals surface area contributed by atoms with Gasteiger partial charge >= 0.3 is 0 Å². The summed E-state index contributed by atoms with van der Waals surface area (Å²) in [5, 5.41) is 0. The Kier molecular flexibility index (Phi) is 7.74. The zero-order valence-corrected chi connectivity index (χ0v) is 19.7. The van der Waals surface area contributed by atoms with Gasteiger partial charge in [-0.05, 0) is 67.3 Å². The topological polar surface area (TPSA) is 9.23 Å². The second-order valence-electron chi connectivity index (χ2n) is 8.78. The van der Waals surface area contributed by atoms with E-state index >= 15 is 0 Å². The summed E-state index contributed by atoms with van der Waals surface area (Å²) in [7, 11) is 0. The van der Waals surface area contributed by atoms with Gasteiger partial charge in [0.2, 0.25) is 5.82 Å². The normalized spacial score (nSPS) is 17.4. The van der Waals surface area contributed by atoms with Gasteiger partial charge in [0.05, 0.1) is 6.61 Å². The first-order valence-electron chi connectivity index (χ1n) is 11.9. The molecule has 35 heavy (non-hydrogen) atoms. The Hall–Kier alpha value is -3.34. The van der Waals surface area contributed by atoms with Crippen LogP contribution < -0.4 is 4.74 Å². The van der Waals surface area contributed by atoms with Crippen molar-refractivity contribution < 1.29 is 22.3 Å². The van der Waals surface area contributed by atoms with Crippen molar-refractivity contribution in [3.05, 3.63) is 113 Å². The van der Waals surface area contributed by atoms with Crippen LogP contribution in [0.15, 0.2) is 73.3 Å². The minimum atomic E-state index is -1.27. The van der Waals surface area contributed by atoms with Gasteiger partial charge in [0, 0.05) is 17.0 Å². The smallest absolute Gasteiger partial charge is 0.201 e. The number of rotatable bonds is 8. The largest absolute Gasteiger partial charge is 0.491 e. The maximum absolute atomic E-state index is 14.8. The molecule has 0 saturated heterocycles. The molecule has 0 heterocycles. The maximum atomic E-state index is 14.8. The first-order chi connectivity index (χ1) is 16.9. The number of hydrogen-bond donors (Lipinski definition) is 0. The molecule has 3 aromatic rings. The lowest BCUT2D eigenvalue weighted by Crippen LogP contribution is -2.06. The van der Waals surface area contributed by atoms with Crippen molar-refractivity contribution >= 4 is 0 Å². The maximum Gasteiger partial charge on any atom is 0.201 e. The van der Waals surface area contributed by atoms with Crippen molar-refractivity contribution in [1.29, 1.82) is 0 Å². The number of allylic oxidation sites excluding steroid dienone is 3. The van der Waals surface area contributed by atoms with Gasteiger partial charge in [0.25, 0.3) is 0 Å². The predicted octanol–water partition coefficient (Wildman–Crippen LogP) is 8.33. The molecule has 3 aromatic carbocycles. The lowest BCUT2D eigenvalue weighted by Gasteiger charge is -2.21. The quantitative estimate of drug-likeness (QED) is 0.233. The van der Waals surface area contributed by atoms with Crippen LogP contribution in [0.4, 0.5) is 17.6 Å². The highest BCUT2D eigenvalue weighted by molar-refractivity contribution is 5.66. The van der Waals surface area contributed by atoms with Gasteiger partial charge in [0.1, 0.15) is 0 Å². The van der Waals surface area contributed by atoms with E-state index in [1.807, 2.05) is 18.2 Å². The van der Waals surface area contributed by atoms with Crippen LogP contribution in [0.3, 0.4) is 0 Å². The van der Waals surface area contributed by atoms with Gasteiger partial charge in [-0.3, -0.25) is 0 Å². The van der Waals surface area contributed by atoms with E-state index in [-0.39, 0.29) is 35.5 Å². The minimum Gasteiger partial charge on any atom is -0.491 e. The van der Waals surface area contributed by atoms with E-state index in [0.717, 1.165) is 18.4 Å². The lowest BCUT2D eigenvalue weighted by atomic mass is 9.84. The highest BCUT2D eigenvalue weighted by Crippen LogP contribution is 2.34. The van der Waals surface area contributed by atoms with Crippen molar-refractivity contribution in [1.82, 2.24) is 0 Å². The molecular weight excluding hydrogens is 452 g/mol. The summed E-state index contributed by atoms with van der Waals surface area (Å²) in [4.78, 5) is 0. The van der Waals surface area contributed by atoms with Gasteiger partial charge in [-0.25, -0.2) is 13.2 Å². The fourth-order valence-corrected chi connectivity index (χ4v) is 4.52. The fraction of sp³-hybridized carbons (Fsp3) is 0.267. The number of aryl methyl sites for hydroxylation is 2. The molecule has 1 aliphatic carbocycles. The number of ether oxygens (including phenoxy) is 1. The summed E-state index contributed by atoms with van der Waals surface area (Å²) < 4.78 is 63.4. The van der Waals surface area contributed by atoms with E-state index in [2.05, 4.69) is 30.9 Å². The highest BCUT2D eigenvalue weighted by atomic mass is 19.2. The van der Waals surface area contributed by atoms with E-state index in [9.17, 15) is 17.6 Å². The molecule has 0 bridgehead atoms. The van der Waals surface area contributed by atoms with Crippen LogP contribution in [0, 0.1) is 29.2 Å². The highest BCUT2D eigenvalue weighted by Gasteiger charge is 2.21. The van der Waals surface area contributed by atoms with Crippen LogP contribution in [0.2, 0.25) is 0 Å². The van der Waals surface area contributed by atoms with Crippen LogP contribution in [0.25, 0.3) is 11.1 Å². The third-order valence-corrected chi connectivity index (χ3v) is 6.59. The Morgan fingerprint density at radius 2 is 1.49 bits per heavy atom. The summed E-state index contributed by atoms with van der Waals surface area (Å²) in [6.45, 7) is 5.65. The second kappa shape index (κ2) is 10.9. The molecule has 0 radical (unpaired) electrons. The van der Waals surface area contributed by atoms with E-state index in [1.165, 1.54) is 29.8 Å². The molecule has 0 fully saturated rings. The number of hydrogen-bond acceptors (Lipinski definition) is 1. The average molecular weight is 481 g/mol. The Balaban J connectivity index is 1.46. The van der Waals surface area contributed by atoms with Crippen molar-refractivity contribution in [2.45, 2.75) is 38.5 Å². The minimum absolute atomic E-state index is 0.157. The fourth-order valence-electron chi connectivity index (χ4n) is 4.52. The summed E-state index contributed by atoms with van der Waals surface area (Å²) >= 11 is 0. The van der Waals surface area contributed by atoms with Gasteiger partial charge in [-0.15, -0.1) is 6.58 Å². The zero-order valence-electron chi connectivity index (χ0n) is 19.7. The van der Waals surface area contributed by atoms with Crippen LogP contribution in [0.1, 0.15) is 42.4 Å². The lowest BCUT2D eigenvalue weighted by molar-refractivity contribution is 0.314. The van der Waals surface area contributed by atoms with Crippen molar-refractivity contribution in [3.8, 4) is 16.9 Å². The van der Waals surface area contributed by atoms with Crippen molar-refractivity contribution in [2.75, 3.05) is 6.61 Å². The first kappa shape index (κ1) is 24.8. The second-order valence-corrected chi connectivity index (χ2v) is 8.78. The molecule has 0 amide bonds. The Morgan fingerprint density at radius 3 is 2.11 bits per heavy atom. The van der Waals surface area contributed by atoms with Gasteiger partial charge < -0.3 is 4.74 Å². The van der Waals surface area contributed by atoms with Gasteiger partial charge in [0.15, 0.2) is 23.2 Å². The molecule has 4 rings (SSSR count). The molecule has 1 nitrogen and oxygen atoms in total. The summed E-state index contributed by atoms with van der Waals surface area (Å²) in [6.07, 6.45) is 9.36. The molecule has 0 aliphatic heterocycles. The SMILES string of the molecule is C=CC1C=CC(c2ccc(CCc3ccc(-c4ccc(OCC)c(F)c4F)c(F)c3F)cc2)CC1. The van der Waals surface area contributed by atoms with Gasteiger partial charge in [-0.2, -0.15) is 4.39 Å². The summed E-state index contributed by atoms with van der Waals surface area (Å²) in [5.74, 6) is -4.17. The van der Waals surface area contributed by atoms with E-state index < -0.39 is 23.3 Å². The van der Waals surface area contributed by atoms with Crippen LogP contribution in [-0.2, 0) is 12.8 Å². The van der Waals surface area contributed by atoms with Gasteiger partial charge in [-0.1, -0.05) is 54.6 Å².